The van der Waals surface area contributed by atoms with Crippen LogP contribution < -0.4 is 5.32 Å². The van der Waals surface area contributed by atoms with E-state index in [4.69, 9.17) is 0 Å². The first-order valence-electron chi connectivity index (χ1n) is 4.90. The fourth-order valence-corrected chi connectivity index (χ4v) is 1.11. The molecule has 11 heavy (non-hydrogen) atoms. The smallest absolute Gasteiger partial charge is 0.0876 e. The molecule has 0 spiro atoms. The van der Waals surface area contributed by atoms with Crippen molar-refractivity contribution in [3.63, 3.8) is 0 Å². The Kier molecular flexibility index (Phi) is 5.57. The molecule has 1 heteroatoms. The van der Waals surface area contributed by atoms with Crippen LogP contribution in [0.2, 0.25) is 0 Å². The van der Waals surface area contributed by atoms with Gasteiger partial charge in [-0.2, -0.15) is 0 Å². The molecule has 0 heterocycles. The van der Waals surface area contributed by atoms with Gasteiger partial charge in [-0.05, 0) is 33.6 Å². The Morgan fingerprint density at radius 1 is 1.00 bits per heavy atom. The molecule has 0 aliphatic rings. The molecule has 0 fully saturated rings. The Morgan fingerprint density at radius 3 is 2.09 bits per heavy atom. The van der Waals surface area contributed by atoms with Crippen LogP contribution in [-0.2, 0) is 0 Å². The summed E-state index contributed by atoms with van der Waals surface area (Å²) in [5, 5.41) is 2.43. The maximum atomic E-state index is 2.43. The van der Waals surface area contributed by atoms with Gasteiger partial charge in [0.05, 0.1) is 12.1 Å². The summed E-state index contributed by atoms with van der Waals surface area (Å²) in [6, 6.07) is 0. The van der Waals surface area contributed by atoms with E-state index in [2.05, 4.69) is 33.0 Å². The average Bonchev–Trinajstić information content (AvgIpc) is 1.85. The maximum absolute atomic E-state index is 2.43. The van der Waals surface area contributed by atoms with Gasteiger partial charge >= 0.3 is 0 Å². The lowest BCUT2D eigenvalue weighted by molar-refractivity contribution is -0.717. The lowest BCUT2D eigenvalue weighted by atomic mass is 10.1. The van der Waals surface area contributed by atoms with Crippen LogP contribution in [0.3, 0.4) is 0 Å². The Labute approximate surface area is 71.6 Å². The number of quaternary nitrogens is 1. The van der Waals surface area contributed by atoms with Crippen LogP contribution in [-0.4, -0.2) is 12.1 Å². The minimum atomic E-state index is 0.423. The van der Waals surface area contributed by atoms with E-state index >= 15 is 0 Å². The van der Waals surface area contributed by atoms with Crippen molar-refractivity contribution in [2.75, 3.05) is 6.54 Å². The van der Waals surface area contributed by atoms with Gasteiger partial charge in [0.25, 0.3) is 0 Å². The lowest BCUT2D eigenvalue weighted by Gasteiger charge is -2.16. The van der Waals surface area contributed by atoms with E-state index in [9.17, 15) is 0 Å². The van der Waals surface area contributed by atoms with Crippen molar-refractivity contribution in [2.24, 2.45) is 0 Å². The second kappa shape index (κ2) is 5.59. The van der Waals surface area contributed by atoms with Crippen molar-refractivity contribution < 1.29 is 5.32 Å². The third-order valence-corrected chi connectivity index (χ3v) is 1.81. The molecule has 0 radical (unpaired) electrons. The molecule has 0 aliphatic carbocycles. The van der Waals surface area contributed by atoms with E-state index in [1.54, 1.807) is 0 Å². The van der Waals surface area contributed by atoms with Crippen LogP contribution in [0.15, 0.2) is 0 Å². The molecular formula is C10H24N+. The zero-order valence-electron chi connectivity index (χ0n) is 8.61. The molecule has 0 atom stereocenters. The van der Waals surface area contributed by atoms with E-state index in [1.165, 1.54) is 32.2 Å². The van der Waals surface area contributed by atoms with Gasteiger partial charge in [0.1, 0.15) is 0 Å². The summed E-state index contributed by atoms with van der Waals surface area (Å²) in [4.78, 5) is 0. The van der Waals surface area contributed by atoms with Crippen LogP contribution in [0.1, 0.15) is 53.4 Å². The molecule has 2 N–H and O–H groups in total. The largest absolute Gasteiger partial charge is 0.342 e. The van der Waals surface area contributed by atoms with Gasteiger partial charge in [-0.1, -0.05) is 19.8 Å². The van der Waals surface area contributed by atoms with Crippen molar-refractivity contribution in [3.8, 4) is 0 Å². The van der Waals surface area contributed by atoms with Gasteiger partial charge in [0.15, 0.2) is 0 Å². The molecule has 0 unspecified atom stereocenters. The van der Waals surface area contributed by atoms with E-state index in [0.29, 0.717) is 5.54 Å². The minimum absolute atomic E-state index is 0.423. The molecule has 0 amide bonds. The number of rotatable bonds is 5. The Morgan fingerprint density at radius 2 is 1.64 bits per heavy atom. The Hall–Kier alpha value is -0.0400. The van der Waals surface area contributed by atoms with Gasteiger partial charge in [0, 0.05) is 0 Å². The Bertz CT molecular complexity index is 81.4. The predicted molar refractivity (Wildman–Crippen MR) is 50.7 cm³/mol. The quantitative estimate of drug-likeness (QED) is 0.589. The zero-order valence-corrected chi connectivity index (χ0v) is 8.61. The fraction of sp³-hybridized carbons (Fsp3) is 1.00. The summed E-state index contributed by atoms with van der Waals surface area (Å²) in [6.45, 7) is 10.4. The van der Waals surface area contributed by atoms with Gasteiger partial charge in [0.2, 0.25) is 0 Å². The zero-order chi connectivity index (χ0) is 8.74. The standard InChI is InChI=1S/C10H23N/c1-5-6-7-8-9-11-10(2,3)4/h11H,5-9H2,1-4H3/p+1. The summed E-state index contributed by atoms with van der Waals surface area (Å²) in [7, 11) is 0. The molecule has 0 bridgehead atoms. The topological polar surface area (TPSA) is 16.6 Å². The maximum Gasteiger partial charge on any atom is 0.0876 e. The van der Waals surface area contributed by atoms with Crippen LogP contribution in [0, 0.1) is 0 Å². The van der Waals surface area contributed by atoms with E-state index in [-0.39, 0.29) is 0 Å². The van der Waals surface area contributed by atoms with Crippen molar-refractivity contribution >= 4 is 0 Å². The molecule has 0 rings (SSSR count). The molecule has 0 aromatic heterocycles. The number of unbranched alkanes of at least 4 members (excludes halogenated alkanes) is 3. The molecule has 1 nitrogen and oxygen atoms in total. The first-order chi connectivity index (χ1) is 5.06. The van der Waals surface area contributed by atoms with E-state index < -0.39 is 0 Å². The highest BCUT2D eigenvalue weighted by molar-refractivity contribution is 4.52. The van der Waals surface area contributed by atoms with Crippen molar-refractivity contribution in [2.45, 2.75) is 58.9 Å². The average molecular weight is 158 g/mol. The van der Waals surface area contributed by atoms with Gasteiger partial charge < -0.3 is 5.32 Å². The third-order valence-electron chi connectivity index (χ3n) is 1.81. The van der Waals surface area contributed by atoms with Crippen LogP contribution in [0.4, 0.5) is 0 Å². The van der Waals surface area contributed by atoms with Crippen LogP contribution in [0.25, 0.3) is 0 Å². The second-order valence-corrected chi connectivity index (χ2v) is 4.42. The summed E-state index contributed by atoms with van der Waals surface area (Å²) in [6.07, 6.45) is 5.53. The fourth-order valence-electron chi connectivity index (χ4n) is 1.11. The normalized spacial score (nSPS) is 12.0. The SMILES string of the molecule is CCCCCC[NH2+]C(C)(C)C. The van der Waals surface area contributed by atoms with Crippen molar-refractivity contribution in [3.05, 3.63) is 0 Å². The highest BCUT2D eigenvalue weighted by Crippen LogP contribution is 1.96. The molecule has 0 aromatic rings. The molecule has 0 saturated heterocycles. The lowest BCUT2D eigenvalue weighted by Crippen LogP contribution is -2.94. The minimum Gasteiger partial charge on any atom is -0.342 e. The summed E-state index contributed by atoms with van der Waals surface area (Å²) in [5.74, 6) is 0. The van der Waals surface area contributed by atoms with Crippen LogP contribution >= 0.6 is 0 Å². The molecule has 0 saturated carbocycles. The second-order valence-electron chi connectivity index (χ2n) is 4.42. The summed E-state index contributed by atoms with van der Waals surface area (Å²) >= 11 is 0. The Balaban J connectivity index is 3.02. The summed E-state index contributed by atoms with van der Waals surface area (Å²) < 4.78 is 0. The molecular weight excluding hydrogens is 134 g/mol. The summed E-state index contributed by atoms with van der Waals surface area (Å²) in [5.41, 5.74) is 0.423. The number of hydrogen-bond donors (Lipinski definition) is 1. The number of nitrogens with two attached hydrogens (primary N) is 1. The van der Waals surface area contributed by atoms with Gasteiger partial charge in [-0.15, -0.1) is 0 Å². The van der Waals surface area contributed by atoms with Crippen molar-refractivity contribution in [1.82, 2.24) is 0 Å². The van der Waals surface area contributed by atoms with Crippen LogP contribution in [0.5, 0.6) is 0 Å². The van der Waals surface area contributed by atoms with E-state index in [0.717, 1.165) is 0 Å². The first kappa shape index (κ1) is 11.0. The molecule has 68 valence electrons. The first-order valence-corrected chi connectivity index (χ1v) is 4.90. The van der Waals surface area contributed by atoms with E-state index in [1.807, 2.05) is 0 Å². The van der Waals surface area contributed by atoms with Gasteiger partial charge in [-0.25, -0.2) is 0 Å². The van der Waals surface area contributed by atoms with Crippen molar-refractivity contribution in [1.29, 1.82) is 0 Å². The highest BCUT2D eigenvalue weighted by Gasteiger charge is 2.10. The number of hydrogen-bond acceptors (Lipinski definition) is 0. The van der Waals surface area contributed by atoms with Gasteiger partial charge in [-0.3, -0.25) is 0 Å². The third kappa shape index (κ3) is 9.96. The molecule has 0 aliphatic heterocycles. The predicted octanol–water partition coefficient (Wildman–Crippen LogP) is 1.93. The monoisotopic (exact) mass is 158 g/mol. The molecule has 0 aromatic carbocycles. The highest BCUT2D eigenvalue weighted by atomic mass is 14.9.